The normalized spacial score (nSPS) is 10.7. The third-order valence-electron chi connectivity index (χ3n) is 4.89. The Hall–Kier alpha value is -1.71. The van der Waals surface area contributed by atoms with E-state index in [1.165, 1.54) is 57.8 Å². The van der Waals surface area contributed by atoms with Crippen LogP contribution in [0.5, 0.6) is 11.5 Å². The Kier molecular flexibility index (Phi) is 14.1. The van der Waals surface area contributed by atoms with Gasteiger partial charge in [-0.05, 0) is 31.0 Å². The summed E-state index contributed by atoms with van der Waals surface area (Å²) < 4.78 is 16.6. The van der Waals surface area contributed by atoms with E-state index in [9.17, 15) is 4.79 Å². The van der Waals surface area contributed by atoms with Crippen LogP contribution in [-0.2, 0) is 4.74 Å². The highest BCUT2D eigenvalue weighted by Crippen LogP contribution is 2.28. The second-order valence-electron chi connectivity index (χ2n) is 7.39. The number of rotatable bonds is 17. The van der Waals surface area contributed by atoms with E-state index in [1.807, 2.05) is 0 Å². The summed E-state index contributed by atoms with van der Waals surface area (Å²) in [5.41, 5.74) is 0.509. The highest BCUT2D eigenvalue weighted by atomic mass is 16.5. The van der Waals surface area contributed by atoms with E-state index >= 15 is 0 Å². The van der Waals surface area contributed by atoms with Crippen LogP contribution in [0.3, 0.4) is 0 Å². The van der Waals surface area contributed by atoms with Gasteiger partial charge in [0.1, 0.15) is 0 Å². The number of esters is 1. The van der Waals surface area contributed by atoms with Crippen molar-refractivity contribution < 1.29 is 19.0 Å². The van der Waals surface area contributed by atoms with Gasteiger partial charge in [0.25, 0.3) is 0 Å². The fourth-order valence-electron chi connectivity index (χ4n) is 3.11. The van der Waals surface area contributed by atoms with Crippen molar-refractivity contribution >= 4 is 5.97 Å². The lowest BCUT2D eigenvalue weighted by Crippen LogP contribution is -2.07. The van der Waals surface area contributed by atoms with Crippen molar-refractivity contribution in [3.05, 3.63) is 23.8 Å². The van der Waals surface area contributed by atoms with Crippen molar-refractivity contribution in [2.45, 2.75) is 90.9 Å². The molecule has 0 atom stereocenters. The van der Waals surface area contributed by atoms with E-state index in [0.717, 1.165) is 19.3 Å². The molecule has 0 saturated heterocycles. The van der Waals surface area contributed by atoms with Gasteiger partial charge in [-0.25, -0.2) is 4.79 Å². The fourth-order valence-corrected chi connectivity index (χ4v) is 3.11. The van der Waals surface area contributed by atoms with Gasteiger partial charge < -0.3 is 14.2 Å². The third-order valence-corrected chi connectivity index (χ3v) is 4.89. The molecule has 0 heterocycles. The van der Waals surface area contributed by atoms with Crippen LogP contribution in [0.1, 0.15) is 101 Å². The van der Waals surface area contributed by atoms with Crippen molar-refractivity contribution in [3.63, 3.8) is 0 Å². The summed E-state index contributed by atoms with van der Waals surface area (Å²) in [6.45, 7) is 5.58. The molecule has 0 fully saturated rings. The number of methoxy groups -OCH3 is 1. The molecule has 0 aromatic heterocycles. The highest BCUT2D eigenvalue weighted by Gasteiger charge is 2.12. The van der Waals surface area contributed by atoms with Gasteiger partial charge in [-0.2, -0.15) is 0 Å². The van der Waals surface area contributed by atoms with Gasteiger partial charge in [0.2, 0.25) is 0 Å². The van der Waals surface area contributed by atoms with Crippen LogP contribution in [0.2, 0.25) is 0 Å². The zero-order valence-electron chi connectivity index (χ0n) is 18.3. The van der Waals surface area contributed by atoms with Crippen LogP contribution >= 0.6 is 0 Å². The monoisotopic (exact) mass is 392 g/mol. The molecule has 0 radical (unpaired) electrons. The number of benzene rings is 1. The quantitative estimate of drug-likeness (QED) is 0.212. The standard InChI is InChI=1S/C24H40O4/c1-4-6-8-10-12-14-18-27-22-17-16-21(20-23(22)26-3)24(25)28-19-15-13-11-9-7-5-2/h16-17,20H,4-15,18-19H2,1-3H3. The lowest BCUT2D eigenvalue weighted by Gasteiger charge is -2.12. The summed E-state index contributed by atoms with van der Waals surface area (Å²) >= 11 is 0. The molecular formula is C24H40O4. The first-order valence-corrected chi connectivity index (χ1v) is 11.2. The summed E-state index contributed by atoms with van der Waals surface area (Å²) in [5.74, 6) is 0.970. The van der Waals surface area contributed by atoms with Gasteiger partial charge in [0.15, 0.2) is 11.5 Å². The Morgan fingerprint density at radius 1 is 0.750 bits per heavy atom. The molecule has 28 heavy (non-hydrogen) atoms. The van der Waals surface area contributed by atoms with E-state index in [0.29, 0.717) is 30.3 Å². The average Bonchev–Trinajstić information content (AvgIpc) is 2.72. The minimum Gasteiger partial charge on any atom is -0.493 e. The van der Waals surface area contributed by atoms with Crippen molar-refractivity contribution in [1.29, 1.82) is 0 Å². The molecule has 0 bridgehead atoms. The Labute approximate surface area is 172 Å². The highest BCUT2D eigenvalue weighted by molar-refractivity contribution is 5.90. The van der Waals surface area contributed by atoms with Crippen molar-refractivity contribution in [2.24, 2.45) is 0 Å². The minimum atomic E-state index is -0.297. The molecule has 1 aromatic rings. The van der Waals surface area contributed by atoms with Crippen LogP contribution in [0, 0.1) is 0 Å². The van der Waals surface area contributed by atoms with E-state index in [2.05, 4.69) is 13.8 Å². The van der Waals surface area contributed by atoms with Gasteiger partial charge in [-0.3, -0.25) is 0 Å². The predicted molar refractivity (Wildman–Crippen MR) is 116 cm³/mol. The van der Waals surface area contributed by atoms with Gasteiger partial charge >= 0.3 is 5.97 Å². The molecule has 4 heteroatoms. The van der Waals surface area contributed by atoms with Crippen molar-refractivity contribution in [1.82, 2.24) is 0 Å². The van der Waals surface area contributed by atoms with Gasteiger partial charge in [0, 0.05) is 0 Å². The number of carbonyl (C=O) groups excluding carboxylic acids is 1. The van der Waals surface area contributed by atoms with Crippen molar-refractivity contribution in [2.75, 3.05) is 20.3 Å². The first-order chi connectivity index (χ1) is 13.7. The molecule has 0 amide bonds. The van der Waals surface area contributed by atoms with E-state index in [1.54, 1.807) is 25.3 Å². The Bertz CT molecular complexity index is 527. The molecule has 1 rings (SSSR count). The minimum absolute atomic E-state index is 0.297. The lowest BCUT2D eigenvalue weighted by molar-refractivity contribution is 0.0497. The number of unbranched alkanes of at least 4 members (excludes halogenated alkanes) is 10. The maximum Gasteiger partial charge on any atom is 0.338 e. The summed E-state index contributed by atoms with van der Waals surface area (Å²) in [7, 11) is 1.60. The number of hydrogen-bond acceptors (Lipinski definition) is 4. The first kappa shape index (κ1) is 24.3. The van der Waals surface area contributed by atoms with Crippen LogP contribution in [-0.4, -0.2) is 26.3 Å². The third kappa shape index (κ3) is 10.6. The molecule has 0 saturated carbocycles. The van der Waals surface area contributed by atoms with Crippen LogP contribution in [0.25, 0.3) is 0 Å². The Morgan fingerprint density at radius 3 is 1.93 bits per heavy atom. The zero-order chi connectivity index (χ0) is 20.5. The number of hydrogen-bond donors (Lipinski definition) is 0. The Morgan fingerprint density at radius 2 is 1.32 bits per heavy atom. The predicted octanol–water partition coefficient (Wildman–Crippen LogP) is 6.95. The molecule has 0 aliphatic heterocycles. The molecule has 0 N–H and O–H groups in total. The smallest absolute Gasteiger partial charge is 0.338 e. The molecule has 0 aliphatic carbocycles. The molecule has 0 spiro atoms. The number of carbonyl (C=O) groups is 1. The van der Waals surface area contributed by atoms with Crippen LogP contribution < -0.4 is 9.47 Å². The van der Waals surface area contributed by atoms with Gasteiger partial charge in [-0.15, -0.1) is 0 Å². The fraction of sp³-hybridized carbons (Fsp3) is 0.708. The summed E-state index contributed by atoms with van der Waals surface area (Å²) in [6.07, 6.45) is 14.4. The summed E-state index contributed by atoms with van der Waals surface area (Å²) in [4.78, 5) is 12.2. The topological polar surface area (TPSA) is 44.8 Å². The molecule has 0 aliphatic rings. The first-order valence-electron chi connectivity index (χ1n) is 11.2. The maximum atomic E-state index is 12.2. The van der Waals surface area contributed by atoms with E-state index in [-0.39, 0.29) is 5.97 Å². The number of ether oxygens (including phenoxy) is 3. The van der Waals surface area contributed by atoms with Crippen LogP contribution in [0.15, 0.2) is 18.2 Å². The second-order valence-corrected chi connectivity index (χ2v) is 7.39. The molecule has 160 valence electrons. The molecule has 4 nitrogen and oxygen atoms in total. The molecular weight excluding hydrogens is 352 g/mol. The van der Waals surface area contributed by atoms with Crippen molar-refractivity contribution in [3.8, 4) is 11.5 Å². The molecule has 1 aromatic carbocycles. The van der Waals surface area contributed by atoms with E-state index in [4.69, 9.17) is 14.2 Å². The average molecular weight is 393 g/mol. The summed E-state index contributed by atoms with van der Waals surface area (Å²) in [6, 6.07) is 5.26. The largest absolute Gasteiger partial charge is 0.493 e. The SMILES string of the molecule is CCCCCCCCOC(=O)c1ccc(OCCCCCCCC)c(OC)c1. The van der Waals surface area contributed by atoms with E-state index < -0.39 is 0 Å². The maximum absolute atomic E-state index is 12.2. The zero-order valence-corrected chi connectivity index (χ0v) is 18.3. The Balaban J connectivity index is 2.33. The summed E-state index contributed by atoms with van der Waals surface area (Å²) in [5, 5.41) is 0. The van der Waals surface area contributed by atoms with Gasteiger partial charge in [0.05, 0.1) is 25.9 Å². The lowest BCUT2D eigenvalue weighted by atomic mass is 10.1. The molecule has 0 unspecified atom stereocenters. The van der Waals surface area contributed by atoms with Gasteiger partial charge in [-0.1, -0.05) is 78.1 Å². The van der Waals surface area contributed by atoms with Crippen LogP contribution in [0.4, 0.5) is 0 Å². The second kappa shape index (κ2) is 16.3.